The molecule has 0 aliphatic heterocycles. The molecule has 57 heavy (non-hydrogen) atoms. The molecule has 1 atom stereocenters. The number of nitrogens with one attached hydrogen (secondary N) is 4. The number of thiophene rings is 1. The van der Waals surface area contributed by atoms with Crippen LogP contribution in [0.15, 0.2) is 156 Å². The number of anilines is 2. The largest absolute Gasteiger partial charge is 0.462 e. The van der Waals surface area contributed by atoms with Gasteiger partial charge in [0.05, 0.1) is 6.61 Å². The molecule has 1 unspecified atom stereocenters. The SMILES string of the molecule is CCOC(=O)c1c(-c2ccc(C)cc2)csc1NC(=O)C(Sc1cccc(NC(=O)/C(=C/c2c[nH]c3ccccc23)NC(=O)c2ccccc2)c1)c1ccccc1. The van der Waals surface area contributed by atoms with E-state index in [1.54, 1.807) is 61.7 Å². The summed E-state index contributed by atoms with van der Waals surface area (Å²) in [5, 5.41) is 11.2. The third-order valence-corrected chi connectivity index (χ3v) is 11.1. The monoisotopic (exact) mass is 790 g/mol. The number of hydrogen-bond donors (Lipinski definition) is 4. The van der Waals surface area contributed by atoms with Gasteiger partial charge >= 0.3 is 5.97 Å². The van der Waals surface area contributed by atoms with Gasteiger partial charge in [-0.15, -0.1) is 23.1 Å². The van der Waals surface area contributed by atoms with Crippen LogP contribution in [-0.2, 0) is 14.3 Å². The molecule has 0 saturated heterocycles. The number of aryl methyl sites for hydroxylation is 1. The number of amides is 3. The van der Waals surface area contributed by atoms with E-state index in [4.69, 9.17) is 4.74 Å². The lowest BCUT2D eigenvalue weighted by atomic mass is 10.0. The summed E-state index contributed by atoms with van der Waals surface area (Å²) in [4.78, 5) is 58.7. The molecule has 0 fully saturated rings. The Morgan fingerprint density at radius 2 is 1.54 bits per heavy atom. The molecule has 0 saturated carbocycles. The molecule has 0 radical (unpaired) electrons. The summed E-state index contributed by atoms with van der Waals surface area (Å²) in [6, 6.07) is 40.7. The predicted molar refractivity (Wildman–Crippen MR) is 229 cm³/mol. The van der Waals surface area contributed by atoms with Crippen LogP contribution in [0.2, 0.25) is 0 Å². The van der Waals surface area contributed by atoms with Crippen LogP contribution in [0, 0.1) is 6.92 Å². The molecule has 0 aliphatic carbocycles. The number of para-hydroxylation sites is 1. The van der Waals surface area contributed by atoms with Crippen molar-refractivity contribution < 1.29 is 23.9 Å². The second kappa shape index (κ2) is 17.8. The predicted octanol–water partition coefficient (Wildman–Crippen LogP) is 10.3. The van der Waals surface area contributed by atoms with E-state index in [1.807, 2.05) is 103 Å². The number of aromatic nitrogens is 1. The Hall–Kier alpha value is -6.69. The number of fused-ring (bicyclic) bond motifs is 1. The summed E-state index contributed by atoms with van der Waals surface area (Å²) in [6.45, 7) is 3.92. The molecule has 3 amide bonds. The molecule has 284 valence electrons. The average molecular weight is 791 g/mol. The minimum absolute atomic E-state index is 0.0477. The number of carbonyl (C=O) groups is 4. The zero-order valence-electron chi connectivity index (χ0n) is 31.1. The van der Waals surface area contributed by atoms with E-state index in [0.717, 1.165) is 33.2 Å². The first kappa shape index (κ1) is 38.6. The second-order valence-electron chi connectivity index (χ2n) is 13.0. The van der Waals surface area contributed by atoms with Gasteiger partial charge in [-0.1, -0.05) is 103 Å². The van der Waals surface area contributed by atoms with Crippen molar-refractivity contribution in [3.63, 3.8) is 0 Å². The summed E-state index contributed by atoms with van der Waals surface area (Å²) >= 11 is 2.56. The van der Waals surface area contributed by atoms with Crippen LogP contribution >= 0.6 is 23.1 Å². The van der Waals surface area contributed by atoms with Crippen LogP contribution in [0.5, 0.6) is 0 Å². The number of thioether (sulfide) groups is 1. The quantitative estimate of drug-likeness (QED) is 0.0523. The molecule has 2 aromatic heterocycles. The van der Waals surface area contributed by atoms with Crippen LogP contribution in [0.1, 0.15) is 49.6 Å². The Bertz CT molecular complexity index is 2580. The second-order valence-corrected chi connectivity index (χ2v) is 15.0. The molecular formula is C46H38N4O5S2. The number of rotatable bonds is 13. The number of carbonyl (C=O) groups excluding carboxylic acids is 4. The number of hydrogen-bond acceptors (Lipinski definition) is 7. The molecule has 7 aromatic rings. The summed E-state index contributed by atoms with van der Waals surface area (Å²) in [5.74, 6) is -1.82. The number of aromatic amines is 1. The van der Waals surface area contributed by atoms with Gasteiger partial charge < -0.3 is 25.7 Å². The van der Waals surface area contributed by atoms with Crippen molar-refractivity contribution >= 4 is 74.5 Å². The molecule has 0 spiro atoms. The maximum Gasteiger partial charge on any atom is 0.341 e. The Labute approximate surface area is 338 Å². The van der Waals surface area contributed by atoms with E-state index in [-0.39, 0.29) is 18.2 Å². The fourth-order valence-electron chi connectivity index (χ4n) is 6.17. The molecular weight excluding hydrogens is 753 g/mol. The Morgan fingerprint density at radius 3 is 2.30 bits per heavy atom. The van der Waals surface area contributed by atoms with Gasteiger partial charge in [-0.05, 0) is 67.4 Å². The Morgan fingerprint density at radius 1 is 0.825 bits per heavy atom. The summed E-state index contributed by atoms with van der Waals surface area (Å²) in [5.41, 5.74) is 6.19. The molecule has 0 aliphatic rings. The van der Waals surface area contributed by atoms with Crippen LogP contribution in [0.25, 0.3) is 28.1 Å². The van der Waals surface area contributed by atoms with Gasteiger partial charge in [0.2, 0.25) is 5.91 Å². The van der Waals surface area contributed by atoms with Crippen molar-refractivity contribution in [3.05, 3.63) is 179 Å². The average Bonchev–Trinajstić information content (AvgIpc) is 3.85. The molecule has 11 heteroatoms. The van der Waals surface area contributed by atoms with E-state index >= 15 is 0 Å². The zero-order valence-corrected chi connectivity index (χ0v) is 32.7. The normalized spacial score (nSPS) is 11.8. The van der Waals surface area contributed by atoms with Crippen molar-refractivity contribution in [1.82, 2.24) is 10.3 Å². The van der Waals surface area contributed by atoms with Gasteiger partial charge in [0, 0.05) is 49.8 Å². The molecule has 5 aromatic carbocycles. The molecule has 0 bridgehead atoms. The van der Waals surface area contributed by atoms with Crippen molar-refractivity contribution in [2.75, 3.05) is 17.2 Å². The van der Waals surface area contributed by atoms with Crippen molar-refractivity contribution in [2.45, 2.75) is 24.0 Å². The van der Waals surface area contributed by atoms with Gasteiger partial charge in [-0.2, -0.15) is 0 Å². The highest BCUT2D eigenvalue weighted by atomic mass is 32.2. The van der Waals surface area contributed by atoms with E-state index < -0.39 is 23.0 Å². The fourth-order valence-corrected chi connectivity index (χ4v) is 8.22. The Kier molecular flexibility index (Phi) is 12.1. The lowest BCUT2D eigenvalue weighted by Crippen LogP contribution is -2.30. The first-order chi connectivity index (χ1) is 27.8. The van der Waals surface area contributed by atoms with Crippen LogP contribution in [-0.4, -0.2) is 35.3 Å². The number of esters is 1. The topological polar surface area (TPSA) is 129 Å². The molecule has 2 heterocycles. The summed E-state index contributed by atoms with van der Waals surface area (Å²) in [6.07, 6.45) is 3.43. The minimum atomic E-state index is -0.736. The van der Waals surface area contributed by atoms with Gasteiger partial charge in [0.1, 0.15) is 21.5 Å². The number of benzene rings is 5. The highest BCUT2D eigenvalue weighted by Gasteiger charge is 2.28. The van der Waals surface area contributed by atoms with E-state index in [9.17, 15) is 19.2 Å². The molecule has 7 rings (SSSR count). The van der Waals surface area contributed by atoms with E-state index in [1.165, 1.54) is 23.1 Å². The molecule has 4 N–H and O–H groups in total. The lowest BCUT2D eigenvalue weighted by Gasteiger charge is -2.18. The van der Waals surface area contributed by atoms with E-state index in [2.05, 4.69) is 20.9 Å². The maximum absolute atomic E-state index is 14.3. The highest BCUT2D eigenvalue weighted by molar-refractivity contribution is 8.00. The first-order valence-electron chi connectivity index (χ1n) is 18.2. The van der Waals surface area contributed by atoms with E-state index in [0.29, 0.717) is 32.3 Å². The third-order valence-electron chi connectivity index (χ3n) is 9.01. The van der Waals surface area contributed by atoms with Crippen molar-refractivity contribution in [1.29, 1.82) is 0 Å². The van der Waals surface area contributed by atoms with Crippen molar-refractivity contribution in [3.8, 4) is 11.1 Å². The minimum Gasteiger partial charge on any atom is -0.462 e. The third kappa shape index (κ3) is 9.24. The zero-order chi connectivity index (χ0) is 39.7. The van der Waals surface area contributed by atoms with Gasteiger partial charge in [-0.3, -0.25) is 14.4 Å². The fraction of sp³-hybridized carbons (Fsp3) is 0.0870. The van der Waals surface area contributed by atoms with Gasteiger partial charge in [-0.25, -0.2) is 4.79 Å². The highest BCUT2D eigenvalue weighted by Crippen LogP contribution is 2.40. The van der Waals surface area contributed by atoms with Crippen molar-refractivity contribution in [2.24, 2.45) is 0 Å². The molecule has 9 nitrogen and oxygen atoms in total. The van der Waals surface area contributed by atoms with Gasteiger partial charge in [0.25, 0.3) is 11.8 Å². The smallest absolute Gasteiger partial charge is 0.341 e. The first-order valence-corrected chi connectivity index (χ1v) is 20.0. The summed E-state index contributed by atoms with van der Waals surface area (Å²) in [7, 11) is 0. The maximum atomic E-state index is 14.3. The number of H-pyrrole nitrogens is 1. The van der Waals surface area contributed by atoms with Crippen LogP contribution < -0.4 is 16.0 Å². The number of ether oxygens (including phenoxy) is 1. The Balaban J connectivity index is 1.15. The summed E-state index contributed by atoms with van der Waals surface area (Å²) < 4.78 is 5.44. The standard InChI is InChI=1S/C46H38N4O5S2/c1-3-55-46(54)40-37(30-23-21-29(2)22-24-30)28-56-45(40)50-44(53)41(31-13-6-4-7-14-31)57-35-18-12-17-34(26-35)48-43(52)39(49-42(51)32-15-8-5-9-16-32)25-33-27-47-38-20-11-10-19-36(33)38/h4-28,41,47H,3H2,1-2H3,(H,48,52)(H,49,51)(H,50,53)/b39-25-. The van der Waals surface area contributed by atoms with Crippen LogP contribution in [0.4, 0.5) is 10.7 Å². The van der Waals surface area contributed by atoms with Gasteiger partial charge in [0.15, 0.2) is 0 Å². The lowest BCUT2D eigenvalue weighted by molar-refractivity contribution is -0.116. The van der Waals surface area contributed by atoms with Crippen LogP contribution in [0.3, 0.4) is 0 Å².